The molecule has 0 bridgehead atoms. The maximum atomic E-state index is 8.15. The summed E-state index contributed by atoms with van der Waals surface area (Å²) in [5.74, 6) is 0. The summed E-state index contributed by atoms with van der Waals surface area (Å²) in [6.07, 6.45) is 1.67. The number of fused-ring (bicyclic) bond motifs is 1. The van der Waals surface area contributed by atoms with Gasteiger partial charge in [-0.25, -0.2) is 4.98 Å². The van der Waals surface area contributed by atoms with Gasteiger partial charge in [-0.05, 0) is 17.7 Å². The van der Waals surface area contributed by atoms with Gasteiger partial charge in [0.25, 0.3) is 0 Å². The minimum absolute atomic E-state index is 0.276. The van der Waals surface area contributed by atoms with Crippen LogP contribution in [0.25, 0.3) is 21.5 Å². The van der Waals surface area contributed by atoms with E-state index < -0.39 is 0 Å². The van der Waals surface area contributed by atoms with Crippen molar-refractivity contribution in [3.63, 3.8) is 0 Å². The lowest BCUT2D eigenvalue weighted by atomic mass is 10.3. The van der Waals surface area contributed by atoms with E-state index in [9.17, 15) is 0 Å². The van der Waals surface area contributed by atoms with Gasteiger partial charge in [0.15, 0.2) is 5.65 Å². The van der Waals surface area contributed by atoms with Crippen molar-refractivity contribution in [2.24, 2.45) is 5.11 Å². The normalized spacial score (nSPS) is 9.85. The molecule has 0 saturated carbocycles. The lowest BCUT2D eigenvalue weighted by Gasteiger charge is -1.88. The first-order valence-electron chi connectivity index (χ1n) is 3.70. The molecule has 0 aliphatic heterocycles. The highest BCUT2D eigenvalue weighted by Gasteiger charge is 2.02. The molecule has 64 valence electrons. The predicted octanol–water partition coefficient (Wildman–Crippen LogP) is 1.77. The number of rotatable bonds is 2. The van der Waals surface area contributed by atoms with E-state index in [1.165, 1.54) is 0 Å². The van der Waals surface area contributed by atoms with Crippen molar-refractivity contribution in [3.05, 3.63) is 34.5 Å². The Morgan fingerprint density at radius 1 is 1.62 bits per heavy atom. The van der Waals surface area contributed by atoms with Crippen LogP contribution in [0.15, 0.2) is 23.4 Å². The molecule has 0 saturated heterocycles. The fraction of sp³-hybridized carbons (Fsp3) is 0.143. The van der Waals surface area contributed by atoms with Crippen molar-refractivity contribution < 1.29 is 0 Å². The molecule has 0 fully saturated rings. The number of hydrogen-bond acceptors (Lipinski definition) is 3. The quantitative estimate of drug-likeness (QED) is 0.427. The number of nitrogens with one attached hydrogen (secondary N) is 1. The highest BCUT2D eigenvalue weighted by Crippen LogP contribution is 2.13. The zero-order chi connectivity index (χ0) is 9.10. The monoisotopic (exact) mass is 174 g/mol. The zero-order valence-electron chi connectivity index (χ0n) is 6.68. The second-order valence-electron chi connectivity index (χ2n) is 2.47. The molecule has 13 heavy (non-hydrogen) atoms. The first-order chi connectivity index (χ1) is 6.42. The average molecular weight is 174 g/mol. The Bertz CT molecular complexity index is 467. The van der Waals surface area contributed by atoms with Crippen LogP contribution in [-0.4, -0.2) is 15.2 Å². The Kier molecular flexibility index (Phi) is 1.82. The van der Waals surface area contributed by atoms with E-state index in [4.69, 9.17) is 5.53 Å². The van der Waals surface area contributed by atoms with Crippen molar-refractivity contribution in [3.8, 4) is 0 Å². The van der Waals surface area contributed by atoms with E-state index in [1.807, 2.05) is 12.1 Å². The summed E-state index contributed by atoms with van der Waals surface area (Å²) in [5, 5.41) is 11.1. The van der Waals surface area contributed by atoms with E-state index in [-0.39, 0.29) is 6.54 Å². The smallest absolute Gasteiger partial charge is 0.181 e. The van der Waals surface area contributed by atoms with Crippen molar-refractivity contribution in [2.75, 3.05) is 0 Å². The SMILES string of the molecule is [N-]=[N+]=NCc1[nH]nc2ncccc12. The topological polar surface area (TPSA) is 90.3 Å². The van der Waals surface area contributed by atoms with Gasteiger partial charge in [0.2, 0.25) is 0 Å². The standard InChI is InChI=1S/C7H6N6/c8-13-10-4-6-5-2-1-3-9-7(5)12-11-6/h1-3H,4H2,(H,9,11,12). The predicted molar refractivity (Wildman–Crippen MR) is 46.7 cm³/mol. The summed E-state index contributed by atoms with van der Waals surface area (Å²) in [6.45, 7) is 0.276. The number of nitrogens with zero attached hydrogens (tertiary/aromatic N) is 5. The molecule has 0 amide bonds. The Morgan fingerprint density at radius 3 is 3.38 bits per heavy atom. The molecule has 0 unspecified atom stereocenters. The molecule has 0 atom stereocenters. The van der Waals surface area contributed by atoms with Gasteiger partial charge in [0.05, 0.1) is 12.2 Å². The molecule has 6 nitrogen and oxygen atoms in total. The Hall–Kier alpha value is -2.07. The lowest BCUT2D eigenvalue weighted by molar-refractivity contribution is 0.946. The van der Waals surface area contributed by atoms with Crippen molar-refractivity contribution in [1.29, 1.82) is 0 Å². The second-order valence-corrected chi connectivity index (χ2v) is 2.47. The van der Waals surface area contributed by atoms with Crippen molar-refractivity contribution in [2.45, 2.75) is 6.54 Å². The van der Waals surface area contributed by atoms with E-state index in [0.717, 1.165) is 11.1 Å². The fourth-order valence-corrected chi connectivity index (χ4v) is 1.13. The van der Waals surface area contributed by atoms with Crippen molar-refractivity contribution >= 4 is 11.0 Å². The van der Waals surface area contributed by atoms with Crippen LogP contribution in [-0.2, 0) is 6.54 Å². The van der Waals surface area contributed by atoms with Gasteiger partial charge >= 0.3 is 0 Å². The molecule has 0 aliphatic carbocycles. The zero-order valence-corrected chi connectivity index (χ0v) is 6.68. The van der Waals surface area contributed by atoms with Crippen molar-refractivity contribution in [1.82, 2.24) is 15.2 Å². The Balaban J connectivity index is 2.51. The maximum Gasteiger partial charge on any atom is 0.181 e. The van der Waals surface area contributed by atoms with Crippen LogP contribution < -0.4 is 0 Å². The summed E-state index contributed by atoms with van der Waals surface area (Å²) in [7, 11) is 0. The minimum atomic E-state index is 0.276. The molecular formula is C7H6N6. The highest BCUT2D eigenvalue weighted by molar-refractivity contribution is 5.77. The molecule has 0 spiro atoms. The van der Waals surface area contributed by atoms with Crippen LogP contribution in [0.1, 0.15) is 5.69 Å². The Labute approximate surface area is 73.2 Å². The molecular weight excluding hydrogens is 168 g/mol. The van der Waals surface area contributed by atoms with Crippen LogP contribution in [0, 0.1) is 0 Å². The number of pyridine rings is 1. The van der Waals surface area contributed by atoms with Crippen LogP contribution in [0.4, 0.5) is 0 Å². The molecule has 2 rings (SSSR count). The van der Waals surface area contributed by atoms with Gasteiger partial charge in [0, 0.05) is 16.5 Å². The first-order valence-corrected chi connectivity index (χ1v) is 3.70. The van der Waals surface area contributed by atoms with Crippen LogP contribution in [0.3, 0.4) is 0 Å². The van der Waals surface area contributed by atoms with Gasteiger partial charge < -0.3 is 0 Å². The average Bonchev–Trinajstić information content (AvgIpc) is 2.58. The number of azide groups is 1. The Morgan fingerprint density at radius 2 is 2.54 bits per heavy atom. The summed E-state index contributed by atoms with van der Waals surface area (Å²) < 4.78 is 0. The number of H-pyrrole nitrogens is 1. The van der Waals surface area contributed by atoms with Crippen LogP contribution in [0.2, 0.25) is 0 Å². The summed E-state index contributed by atoms with van der Waals surface area (Å²) in [6, 6.07) is 3.70. The maximum absolute atomic E-state index is 8.15. The molecule has 2 heterocycles. The summed E-state index contributed by atoms with van der Waals surface area (Å²) >= 11 is 0. The molecule has 6 heteroatoms. The summed E-state index contributed by atoms with van der Waals surface area (Å²) in [4.78, 5) is 6.71. The number of aromatic nitrogens is 3. The molecule has 0 radical (unpaired) electrons. The molecule has 0 aromatic carbocycles. The van der Waals surface area contributed by atoms with Gasteiger partial charge in [-0.2, -0.15) is 5.10 Å². The largest absolute Gasteiger partial charge is 0.280 e. The van der Waals surface area contributed by atoms with Crippen LogP contribution in [0.5, 0.6) is 0 Å². The van der Waals surface area contributed by atoms with E-state index in [2.05, 4.69) is 25.2 Å². The molecule has 1 N–H and O–H groups in total. The van der Waals surface area contributed by atoms with Gasteiger partial charge in [0.1, 0.15) is 0 Å². The van der Waals surface area contributed by atoms with E-state index >= 15 is 0 Å². The fourth-order valence-electron chi connectivity index (χ4n) is 1.13. The number of aromatic amines is 1. The van der Waals surface area contributed by atoms with Gasteiger partial charge in [-0.1, -0.05) is 5.11 Å². The van der Waals surface area contributed by atoms with Gasteiger partial charge in [-0.15, -0.1) is 0 Å². The van der Waals surface area contributed by atoms with Gasteiger partial charge in [-0.3, -0.25) is 5.10 Å². The second kappa shape index (κ2) is 3.12. The third-order valence-corrected chi connectivity index (χ3v) is 1.70. The molecule has 0 aliphatic rings. The third-order valence-electron chi connectivity index (χ3n) is 1.70. The molecule has 2 aromatic heterocycles. The minimum Gasteiger partial charge on any atom is -0.280 e. The third kappa shape index (κ3) is 1.30. The summed E-state index contributed by atoms with van der Waals surface area (Å²) in [5.41, 5.74) is 9.58. The first kappa shape index (κ1) is 7.57. The molecule has 2 aromatic rings. The van der Waals surface area contributed by atoms with Crippen LogP contribution >= 0.6 is 0 Å². The van der Waals surface area contributed by atoms with E-state index in [1.54, 1.807) is 6.20 Å². The highest BCUT2D eigenvalue weighted by atomic mass is 15.2. The number of hydrogen-bond donors (Lipinski definition) is 1. The van der Waals surface area contributed by atoms with E-state index in [0.29, 0.717) is 5.65 Å². The lowest BCUT2D eigenvalue weighted by Crippen LogP contribution is -1.80.